The summed E-state index contributed by atoms with van der Waals surface area (Å²) < 4.78 is 23.4. The Kier molecular flexibility index (Phi) is 4.67. The first-order valence-electron chi connectivity index (χ1n) is 3.50. The number of hydrogen-bond donors (Lipinski definition) is 3. The van der Waals surface area contributed by atoms with E-state index in [0.717, 1.165) is 4.31 Å². The van der Waals surface area contributed by atoms with E-state index in [9.17, 15) is 8.42 Å². The molecule has 0 fully saturated rings. The molecular weight excluding hydrogens is 196 g/mol. The number of nitrogens with one attached hydrogen (secondary N) is 1. The predicted octanol–water partition coefficient (Wildman–Crippen LogP) is -1.83. The number of nitrogens with two attached hydrogens (primary N) is 1. The Bertz CT molecular complexity index is 272. The predicted molar refractivity (Wildman–Crippen MR) is 48.9 cm³/mol. The summed E-state index contributed by atoms with van der Waals surface area (Å²) in [5.74, 6) is -0.337. The van der Waals surface area contributed by atoms with Gasteiger partial charge < -0.3 is 5.73 Å². The van der Waals surface area contributed by atoms with E-state index < -0.39 is 10.0 Å². The van der Waals surface area contributed by atoms with Crippen LogP contribution in [0.1, 0.15) is 0 Å². The van der Waals surface area contributed by atoms with Gasteiger partial charge in [-0.25, -0.2) is 18.2 Å². The van der Waals surface area contributed by atoms with Gasteiger partial charge in [0, 0.05) is 14.1 Å². The van der Waals surface area contributed by atoms with Gasteiger partial charge in [0.1, 0.15) is 0 Å². The lowest BCUT2D eigenvalue weighted by molar-refractivity contribution is 0.232. The van der Waals surface area contributed by atoms with Crippen LogP contribution in [-0.2, 0) is 10.0 Å². The third-order valence-corrected chi connectivity index (χ3v) is 3.11. The van der Waals surface area contributed by atoms with Gasteiger partial charge in [-0.2, -0.15) is 0 Å². The fraction of sp³-hybridized carbons (Fsp3) is 0.800. The molecule has 0 aliphatic heterocycles. The molecule has 0 aromatic carbocycles. The van der Waals surface area contributed by atoms with Gasteiger partial charge in [0.05, 0.1) is 12.3 Å². The molecule has 0 aliphatic carbocycles. The Balaban J connectivity index is 4.05. The summed E-state index contributed by atoms with van der Waals surface area (Å²) in [6, 6.07) is 0. The second-order valence-electron chi connectivity index (χ2n) is 2.48. The third-order valence-electron chi connectivity index (χ3n) is 1.30. The maximum absolute atomic E-state index is 11.1. The van der Waals surface area contributed by atoms with E-state index in [2.05, 4.69) is 4.99 Å². The molecule has 0 atom stereocenters. The highest BCUT2D eigenvalue weighted by Gasteiger charge is 2.11. The summed E-state index contributed by atoms with van der Waals surface area (Å²) in [7, 11) is -0.366. The Morgan fingerprint density at radius 2 is 2.15 bits per heavy atom. The third kappa shape index (κ3) is 4.65. The van der Waals surface area contributed by atoms with E-state index in [-0.39, 0.29) is 18.3 Å². The van der Waals surface area contributed by atoms with Crippen molar-refractivity contribution in [2.24, 2.45) is 10.7 Å². The fourth-order valence-electron chi connectivity index (χ4n) is 0.499. The molecule has 7 nitrogen and oxygen atoms in total. The zero-order chi connectivity index (χ0) is 10.5. The molecule has 0 amide bonds. The molecular formula is C5H14N4O3S. The lowest BCUT2D eigenvalue weighted by atomic mass is 10.8. The summed E-state index contributed by atoms with van der Waals surface area (Å²) >= 11 is 0. The van der Waals surface area contributed by atoms with Gasteiger partial charge in [0.25, 0.3) is 0 Å². The van der Waals surface area contributed by atoms with Crippen molar-refractivity contribution in [2.75, 3.05) is 26.4 Å². The van der Waals surface area contributed by atoms with Crippen LogP contribution in [0.25, 0.3) is 0 Å². The van der Waals surface area contributed by atoms with Crippen LogP contribution < -0.4 is 11.2 Å². The van der Waals surface area contributed by atoms with E-state index in [4.69, 9.17) is 10.9 Å². The van der Waals surface area contributed by atoms with Crippen LogP contribution in [0.5, 0.6) is 0 Å². The standard InChI is InChI=1S/C5H14N4O3S/c1-9(2)13(11,12)4-3-7-5(6)8-10/h10H,3-4H2,1-2H3,(H3,6,7,8). The highest BCUT2D eigenvalue weighted by molar-refractivity contribution is 7.89. The van der Waals surface area contributed by atoms with Crippen LogP contribution >= 0.6 is 0 Å². The minimum Gasteiger partial charge on any atom is -0.368 e. The molecule has 0 spiro atoms. The Hall–Kier alpha value is -0.860. The van der Waals surface area contributed by atoms with Crippen molar-refractivity contribution in [3.8, 4) is 0 Å². The Labute approximate surface area is 77.3 Å². The molecule has 0 saturated heterocycles. The SMILES string of the molecule is CN(C)S(=O)(=O)CCN=C(N)NO. The summed E-state index contributed by atoms with van der Waals surface area (Å²) in [6.07, 6.45) is 0. The maximum Gasteiger partial charge on any atom is 0.215 e. The summed E-state index contributed by atoms with van der Waals surface area (Å²) in [5.41, 5.74) is 6.66. The van der Waals surface area contributed by atoms with E-state index in [1.54, 1.807) is 5.48 Å². The first-order chi connectivity index (χ1) is 5.90. The molecule has 13 heavy (non-hydrogen) atoms. The van der Waals surface area contributed by atoms with Crippen LogP contribution in [0, 0.1) is 0 Å². The highest BCUT2D eigenvalue weighted by atomic mass is 32.2. The first kappa shape index (κ1) is 12.1. The van der Waals surface area contributed by atoms with Crippen molar-refractivity contribution in [2.45, 2.75) is 0 Å². The number of hydrogen-bond acceptors (Lipinski definition) is 4. The van der Waals surface area contributed by atoms with Gasteiger partial charge in [-0.15, -0.1) is 0 Å². The lowest BCUT2D eigenvalue weighted by Crippen LogP contribution is -2.30. The summed E-state index contributed by atoms with van der Waals surface area (Å²) in [5, 5.41) is 8.21. The fourth-order valence-corrected chi connectivity index (χ4v) is 1.19. The van der Waals surface area contributed by atoms with Gasteiger partial charge in [0.15, 0.2) is 0 Å². The molecule has 0 aliphatic rings. The van der Waals surface area contributed by atoms with Crippen molar-refractivity contribution in [3.63, 3.8) is 0 Å². The Morgan fingerprint density at radius 1 is 1.62 bits per heavy atom. The highest BCUT2D eigenvalue weighted by Crippen LogP contribution is 1.93. The number of aliphatic imine (C=N–C) groups is 1. The molecule has 0 bridgehead atoms. The molecule has 0 aromatic rings. The van der Waals surface area contributed by atoms with Crippen molar-refractivity contribution < 1.29 is 13.6 Å². The molecule has 4 N–H and O–H groups in total. The quantitative estimate of drug-likeness (QED) is 0.287. The van der Waals surface area contributed by atoms with Crippen LogP contribution in [-0.4, -0.2) is 50.3 Å². The normalized spacial score (nSPS) is 13.4. The average molecular weight is 210 g/mol. The largest absolute Gasteiger partial charge is 0.368 e. The minimum atomic E-state index is -3.24. The number of guanidine groups is 1. The molecule has 0 radical (unpaired) electrons. The van der Waals surface area contributed by atoms with Crippen LogP contribution in [0.3, 0.4) is 0 Å². The molecule has 0 heterocycles. The molecule has 78 valence electrons. The number of nitrogens with zero attached hydrogens (tertiary/aromatic N) is 2. The minimum absolute atomic E-state index is 0.0138. The van der Waals surface area contributed by atoms with Crippen molar-refractivity contribution in [1.29, 1.82) is 0 Å². The van der Waals surface area contributed by atoms with Gasteiger partial charge in [-0.1, -0.05) is 0 Å². The first-order valence-corrected chi connectivity index (χ1v) is 5.11. The van der Waals surface area contributed by atoms with Gasteiger partial charge in [0.2, 0.25) is 16.0 Å². The smallest absolute Gasteiger partial charge is 0.215 e. The van der Waals surface area contributed by atoms with E-state index in [0.29, 0.717) is 0 Å². The molecule has 0 saturated carbocycles. The second-order valence-corrected chi connectivity index (χ2v) is 4.78. The van der Waals surface area contributed by atoms with Gasteiger partial charge in [-0.3, -0.25) is 10.2 Å². The maximum atomic E-state index is 11.1. The van der Waals surface area contributed by atoms with Crippen molar-refractivity contribution >= 4 is 16.0 Å². The molecule has 0 aromatic heterocycles. The van der Waals surface area contributed by atoms with Gasteiger partial charge in [-0.05, 0) is 0 Å². The van der Waals surface area contributed by atoms with E-state index in [1.165, 1.54) is 14.1 Å². The summed E-state index contributed by atoms with van der Waals surface area (Å²) in [4.78, 5) is 3.54. The van der Waals surface area contributed by atoms with Crippen LogP contribution in [0.2, 0.25) is 0 Å². The van der Waals surface area contributed by atoms with Crippen molar-refractivity contribution in [1.82, 2.24) is 9.79 Å². The molecule has 0 rings (SSSR count). The molecule has 8 heteroatoms. The zero-order valence-corrected chi connectivity index (χ0v) is 8.37. The monoisotopic (exact) mass is 210 g/mol. The summed E-state index contributed by atoms with van der Waals surface area (Å²) in [6.45, 7) is 0.0138. The van der Waals surface area contributed by atoms with Gasteiger partial charge >= 0.3 is 0 Å². The average Bonchev–Trinajstić information content (AvgIpc) is 2.03. The van der Waals surface area contributed by atoms with Crippen LogP contribution in [0.4, 0.5) is 0 Å². The Morgan fingerprint density at radius 3 is 2.54 bits per heavy atom. The zero-order valence-electron chi connectivity index (χ0n) is 7.56. The van der Waals surface area contributed by atoms with Crippen molar-refractivity contribution in [3.05, 3.63) is 0 Å². The number of rotatable bonds is 4. The second kappa shape index (κ2) is 5.00. The van der Waals surface area contributed by atoms with E-state index in [1.807, 2.05) is 0 Å². The number of hydroxylamine groups is 1. The topological polar surface area (TPSA) is 108 Å². The lowest BCUT2D eigenvalue weighted by Gasteiger charge is -2.09. The number of sulfonamides is 1. The van der Waals surface area contributed by atoms with Crippen LogP contribution in [0.15, 0.2) is 4.99 Å². The molecule has 0 unspecified atom stereocenters. The van der Waals surface area contributed by atoms with E-state index >= 15 is 0 Å².